The van der Waals surface area contributed by atoms with Gasteiger partial charge < -0.3 is 5.11 Å². The first-order valence-corrected chi connectivity index (χ1v) is 6.13. The Morgan fingerprint density at radius 1 is 0.895 bits per heavy atom. The highest BCUT2D eigenvalue weighted by Gasteiger charge is 2.07. The number of hydrogen-bond donors (Lipinski definition) is 1. The summed E-state index contributed by atoms with van der Waals surface area (Å²) < 4.78 is 13.4. The van der Waals surface area contributed by atoms with Crippen LogP contribution in [0.4, 0.5) is 4.39 Å². The molecule has 0 radical (unpaired) electrons. The number of halogens is 1. The lowest BCUT2D eigenvalue weighted by atomic mass is 9.95. The van der Waals surface area contributed by atoms with Gasteiger partial charge in [0.15, 0.2) is 0 Å². The third-order valence-electron chi connectivity index (χ3n) is 3.34. The van der Waals surface area contributed by atoms with Gasteiger partial charge in [-0.15, -0.1) is 0 Å². The SMILES string of the molecule is Cc1ccc(-c2cc(O)cc(F)c2)c2ccccc12. The fraction of sp³-hybridized carbons (Fsp3) is 0.0588. The Morgan fingerprint density at radius 2 is 1.63 bits per heavy atom. The Hall–Kier alpha value is -2.35. The zero-order valence-electron chi connectivity index (χ0n) is 10.5. The average Bonchev–Trinajstić information content (AvgIpc) is 2.38. The van der Waals surface area contributed by atoms with E-state index in [9.17, 15) is 9.50 Å². The molecule has 2 heteroatoms. The van der Waals surface area contributed by atoms with E-state index in [0.29, 0.717) is 5.56 Å². The van der Waals surface area contributed by atoms with Crippen LogP contribution in [0.2, 0.25) is 0 Å². The summed E-state index contributed by atoms with van der Waals surface area (Å²) in [5.74, 6) is -0.487. The summed E-state index contributed by atoms with van der Waals surface area (Å²) in [6, 6.07) is 16.1. The number of fused-ring (bicyclic) bond motifs is 1. The van der Waals surface area contributed by atoms with Crippen LogP contribution < -0.4 is 0 Å². The van der Waals surface area contributed by atoms with Crippen molar-refractivity contribution in [3.8, 4) is 16.9 Å². The number of phenolic OH excluding ortho intramolecular Hbond substituents is 1. The van der Waals surface area contributed by atoms with Gasteiger partial charge in [-0.1, -0.05) is 36.4 Å². The molecule has 3 aromatic carbocycles. The van der Waals surface area contributed by atoms with Crippen LogP contribution in [0, 0.1) is 12.7 Å². The lowest BCUT2D eigenvalue weighted by Crippen LogP contribution is -1.85. The molecule has 0 amide bonds. The van der Waals surface area contributed by atoms with Gasteiger partial charge in [-0.3, -0.25) is 0 Å². The maximum Gasteiger partial charge on any atom is 0.127 e. The van der Waals surface area contributed by atoms with Crippen LogP contribution in [-0.2, 0) is 0 Å². The molecule has 1 N–H and O–H groups in total. The molecule has 0 unspecified atom stereocenters. The van der Waals surface area contributed by atoms with Gasteiger partial charge in [0.1, 0.15) is 11.6 Å². The molecule has 3 aromatic rings. The molecule has 0 fully saturated rings. The first-order valence-electron chi connectivity index (χ1n) is 6.13. The molecular weight excluding hydrogens is 239 g/mol. The van der Waals surface area contributed by atoms with Crippen molar-refractivity contribution in [1.29, 1.82) is 0 Å². The van der Waals surface area contributed by atoms with Crippen LogP contribution in [-0.4, -0.2) is 5.11 Å². The molecule has 94 valence electrons. The molecule has 19 heavy (non-hydrogen) atoms. The van der Waals surface area contributed by atoms with Gasteiger partial charge in [0.25, 0.3) is 0 Å². The fourth-order valence-corrected chi connectivity index (χ4v) is 2.43. The van der Waals surface area contributed by atoms with Crippen LogP contribution in [0.5, 0.6) is 5.75 Å². The van der Waals surface area contributed by atoms with Crippen molar-refractivity contribution in [1.82, 2.24) is 0 Å². The van der Waals surface area contributed by atoms with Crippen molar-refractivity contribution in [3.63, 3.8) is 0 Å². The summed E-state index contributed by atoms with van der Waals surface area (Å²) in [5, 5.41) is 11.7. The van der Waals surface area contributed by atoms with Crippen molar-refractivity contribution in [2.45, 2.75) is 6.92 Å². The van der Waals surface area contributed by atoms with E-state index in [1.807, 2.05) is 36.4 Å². The molecule has 1 nitrogen and oxygen atoms in total. The molecule has 3 rings (SSSR count). The lowest BCUT2D eigenvalue weighted by molar-refractivity contribution is 0.469. The first kappa shape index (κ1) is 11.7. The van der Waals surface area contributed by atoms with Crippen molar-refractivity contribution in [2.24, 2.45) is 0 Å². The summed E-state index contributed by atoms with van der Waals surface area (Å²) in [6.07, 6.45) is 0. The van der Waals surface area contributed by atoms with Crippen LogP contribution >= 0.6 is 0 Å². The average molecular weight is 252 g/mol. The second kappa shape index (κ2) is 4.39. The minimum atomic E-state index is -0.431. The summed E-state index contributed by atoms with van der Waals surface area (Å²) in [4.78, 5) is 0. The fourth-order valence-electron chi connectivity index (χ4n) is 2.43. The Morgan fingerprint density at radius 3 is 2.37 bits per heavy atom. The molecule has 0 aliphatic rings. The highest BCUT2D eigenvalue weighted by molar-refractivity contribution is 5.98. The number of aryl methyl sites for hydroxylation is 1. The maximum atomic E-state index is 13.4. The van der Waals surface area contributed by atoms with Gasteiger partial charge in [-0.2, -0.15) is 0 Å². The van der Waals surface area contributed by atoms with Crippen LogP contribution in [0.1, 0.15) is 5.56 Å². The topological polar surface area (TPSA) is 20.2 Å². The zero-order chi connectivity index (χ0) is 13.4. The lowest BCUT2D eigenvalue weighted by Gasteiger charge is -2.10. The van der Waals surface area contributed by atoms with Gasteiger partial charge in [0.05, 0.1) is 0 Å². The normalized spacial score (nSPS) is 10.8. The number of phenols is 1. The molecule has 0 aliphatic heterocycles. The van der Waals surface area contributed by atoms with Crippen molar-refractivity contribution in [3.05, 3.63) is 66.0 Å². The minimum Gasteiger partial charge on any atom is -0.508 e. The van der Waals surface area contributed by atoms with E-state index in [-0.39, 0.29) is 5.75 Å². The number of aromatic hydroxyl groups is 1. The largest absolute Gasteiger partial charge is 0.508 e. The predicted molar refractivity (Wildman–Crippen MR) is 75.7 cm³/mol. The Bertz CT molecular complexity index is 742. The highest BCUT2D eigenvalue weighted by atomic mass is 19.1. The Labute approximate surface area is 110 Å². The van der Waals surface area contributed by atoms with Gasteiger partial charge in [0.2, 0.25) is 0 Å². The molecule has 0 saturated carbocycles. The maximum absolute atomic E-state index is 13.4. The summed E-state index contributed by atoms with van der Waals surface area (Å²) in [6.45, 7) is 2.05. The predicted octanol–water partition coefficient (Wildman–Crippen LogP) is 4.66. The molecule has 0 aromatic heterocycles. The third-order valence-corrected chi connectivity index (χ3v) is 3.34. The third kappa shape index (κ3) is 2.06. The molecule has 0 heterocycles. The van der Waals surface area contributed by atoms with Crippen molar-refractivity contribution < 1.29 is 9.50 Å². The smallest absolute Gasteiger partial charge is 0.127 e. The highest BCUT2D eigenvalue weighted by Crippen LogP contribution is 2.32. The van der Waals surface area contributed by atoms with E-state index >= 15 is 0 Å². The standard InChI is InChI=1S/C17H13FO/c1-11-6-7-16(17-5-3-2-4-15(11)17)12-8-13(18)10-14(19)9-12/h2-10,19H,1H3. The van der Waals surface area contributed by atoms with Crippen LogP contribution in [0.15, 0.2) is 54.6 Å². The Balaban J connectivity index is 2.34. The van der Waals surface area contributed by atoms with Gasteiger partial charge >= 0.3 is 0 Å². The van der Waals surface area contributed by atoms with E-state index in [1.54, 1.807) is 6.07 Å². The van der Waals surface area contributed by atoms with E-state index in [1.165, 1.54) is 11.6 Å². The minimum absolute atomic E-state index is 0.0559. The van der Waals surface area contributed by atoms with E-state index in [4.69, 9.17) is 0 Å². The second-order valence-electron chi connectivity index (χ2n) is 4.67. The quantitative estimate of drug-likeness (QED) is 0.667. The monoisotopic (exact) mass is 252 g/mol. The number of rotatable bonds is 1. The van der Waals surface area contributed by atoms with E-state index in [2.05, 4.69) is 6.92 Å². The van der Waals surface area contributed by atoms with Crippen molar-refractivity contribution in [2.75, 3.05) is 0 Å². The van der Waals surface area contributed by atoms with Gasteiger partial charge in [-0.25, -0.2) is 4.39 Å². The van der Waals surface area contributed by atoms with Crippen molar-refractivity contribution >= 4 is 10.8 Å². The molecule has 0 spiro atoms. The van der Waals surface area contributed by atoms with Crippen LogP contribution in [0.3, 0.4) is 0 Å². The summed E-state index contributed by atoms with van der Waals surface area (Å²) in [7, 11) is 0. The molecule has 0 atom stereocenters. The zero-order valence-corrected chi connectivity index (χ0v) is 10.5. The summed E-state index contributed by atoms with van der Waals surface area (Å²) >= 11 is 0. The molecular formula is C17H13FO. The summed E-state index contributed by atoms with van der Waals surface area (Å²) in [5.41, 5.74) is 2.80. The number of hydrogen-bond acceptors (Lipinski definition) is 1. The molecule has 0 bridgehead atoms. The van der Waals surface area contributed by atoms with Gasteiger partial charge in [-0.05, 0) is 46.5 Å². The van der Waals surface area contributed by atoms with E-state index in [0.717, 1.165) is 22.4 Å². The number of benzene rings is 3. The van der Waals surface area contributed by atoms with Crippen LogP contribution in [0.25, 0.3) is 21.9 Å². The van der Waals surface area contributed by atoms with Gasteiger partial charge in [0, 0.05) is 6.07 Å². The van der Waals surface area contributed by atoms with E-state index < -0.39 is 5.82 Å². The first-order chi connectivity index (χ1) is 9.15. The second-order valence-corrected chi connectivity index (χ2v) is 4.67. The Kier molecular flexibility index (Phi) is 2.71. The molecule has 0 aliphatic carbocycles. The molecule has 0 saturated heterocycles.